The quantitative estimate of drug-likeness (QED) is 0.167. The van der Waals surface area contributed by atoms with E-state index in [-0.39, 0.29) is 27.3 Å². The first-order valence-electron chi connectivity index (χ1n) is 16.6. The van der Waals surface area contributed by atoms with E-state index in [9.17, 15) is 26.0 Å². The van der Waals surface area contributed by atoms with Crippen molar-refractivity contribution in [2.45, 2.75) is 9.79 Å². The van der Waals surface area contributed by atoms with E-state index in [1.807, 2.05) is 12.1 Å². The zero-order valence-electron chi connectivity index (χ0n) is 28.6. The van der Waals surface area contributed by atoms with E-state index in [1.165, 1.54) is 47.1 Å². The molecule has 0 atom stereocenters. The van der Waals surface area contributed by atoms with Gasteiger partial charge in [-0.25, -0.2) is 31.2 Å². The minimum absolute atomic E-state index is 0.0636. The number of benzene rings is 3. The van der Waals surface area contributed by atoms with Gasteiger partial charge in [0.2, 0.25) is 0 Å². The average molecular weight is 835 g/mol. The molecule has 0 spiro atoms. The summed E-state index contributed by atoms with van der Waals surface area (Å²) in [4.78, 5) is 26.7. The number of halogens is 2. The summed E-state index contributed by atoms with van der Waals surface area (Å²) in [5.74, 6) is -0.398. The minimum Gasteiger partial charge on any atom is -0.484 e. The molecule has 0 bridgehead atoms. The lowest BCUT2D eigenvalue weighted by molar-refractivity contribution is -0.133. The van der Waals surface area contributed by atoms with Crippen molar-refractivity contribution in [3.63, 3.8) is 0 Å². The predicted molar refractivity (Wildman–Crippen MR) is 210 cm³/mol. The Kier molecular flexibility index (Phi) is 12.9. The number of piperazine rings is 2. The molecule has 3 N–H and O–H groups in total. The molecule has 0 unspecified atom stereocenters. The fourth-order valence-electron chi connectivity index (χ4n) is 5.51. The van der Waals surface area contributed by atoms with Gasteiger partial charge in [-0.2, -0.15) is 0 Å². The molecule has 14 nitrogen and oxygen atoms in total. The van der Waals surface area contributed by atoms with Gasteiger partial charge in [-0.3, -0.25) is 14.2 Å². The first-order valence-corrected chi connectivity index (χ1v) is 21.7. The molecule has 20 heteroatoms. The number of carbonyl (C=O) groups excluding carboxylic acids is 1. The van der Waals surface area contributed by atoms with Crippen LogP contribution in [0.4, 0.5) is 26.0 Å². The van der Waals surface area contributed by atoms with Gasteiger partial charge in [0.25, 0.3) is 26.0 Å². The monoisotopic (exact) mass is 834 g/mol. The number of rotatable bonds is 11. The van der Waals surface area contributed by atoms with Gasteiger partial charge in [-0.1, -0.05) is 11.6 Å². The van der Waals surface area contributed by atoms with E-state index in [4.69, 9.17) is 16.3 Å². The van der Waals surface area contributed by atoms with Gasteiger partial charge in [0.15, 0.2) is 16.9 Å². The van der Waals surface area contributed by atoms with Crippen LogP contribution in [0.25, 0.3) is 0 Å². The second-order valence-corrected chi connectivity index (χ2v) is 17.4. The Labute approximate surface area is 325 Å². The highest BCUT2D eigenvalue weighted by molar-refractivity contribution is 7.93. The molecule has 3 aromatic carbocycles. The van der Waals surface area contributed by atoms with E-state index < -0.39 is 25.9 Å². The Hall–Kier alpha value is -4.53. The number of aromatic nitrogens is 2. The molecule has 286 valence electrons. The van der Waals surface area contributed by atoms with Gasteiger partial charge in [0, 0.05) is 93.0 Å². The van der Waals surface area contributed by atoms with Gasteiger partial charge in [-0.15, -0.1) is 22.7 Å². The van der Waals surface area contributed by atoms with Crippen molar-refractivity contribution < 1.29 is 30.8 Å². The molecule has 2 aliphatic heterocycles. The third-order valence-electron chi connectivity index (χ3n) is 8.34. The summed E-state index contributed by atoms with van der Waals surface area (Å²) in [7, 11) is -7.27. The van der Waals surface area contributed by atoms with E-state index >= 15 is 0 Å². The Morgan fingerprint density at radius 1 is 0.759 bits per heavy atom. The summed E-state index contributed by atoms with van der Waals surface area (Å²) in [5, 5.41) is 7.33. The summed E-state index contributed by atoms with van der Waals surface area (Å²) in [6.07, 6.45) is 3.09. The summed E-state index contributed by atoms with van der Waals surface area (Å²) in [5.41, 5.74) is 1.91. The number of nitrogens with zero attached hydrogens (tertiary/aromatic N) is 5. The molecule has 54 heavy (non-hydrogen) atoms. The molecule has 7 rings (SSSR count). The van der Waals surface area contributed by atoms with Crippen molar-refractivity contribution in [2.75, 3.05) is 78.2 Å². The fourth-order valence-corrected chi connectivity index (χ4v) is 9.26. The maximum absolute atomic E-state index is 13.2. The van der Waals surface area contributed by atoms with Gasteiger partial charge >= 0.3 is 0 Å². The average Bonchev–Trinajstić information content (AvgIpc) is 3.90. The number of amides is 1. The first-order chi connectivity index (χ1) is 26.0. The van der Waals surface area contributed by atoms with Gasteiger partial charge in [0.05, 0.1) is 14.8 Å². The molecular formula is C34H36ClFN8O6S4. The lowest BCUT2D eigenvalue weighted by Crippen LogP contribution is -2.50. The van der Waals surface area contributed by atoms with E-state index in [1.54, 1.807) is 58.3 Å². The predicted octanol–water partition coefficient (Wildman–Crippen LogP) is 4.82. The SMILES string of the molecule is O=C(COc1ccc(F)c(Cl)c1)N1CCN(c2ccc(S(=O)(=O)Nc3nccs3)cc2)CC1.O=S(=O)(Nc1nccs1)c1ccc(N2CCNCC2)cc1. The van der Waals surface area contributed by atoms with E-state index in [2.05, 4.69) is 34.5 Å². The number of ether oxygens (including phenoxy) is 1. The minimum atomic E-state index is -3.70. The van der Waals surface area contributed by atoms with Crippen LogP contribution in [0.3, 0.4) is 0 Å². The highest BCUT2D eigenvalue weighted by Crippen LogP contribution is 2.25. The summed E-state index contributed by atoms with van der Waals surface area (Å²) in [6.45, 7) is 5.79. The van der Waals surface area contributed by atoms with Crippen LogP contribution in [0.2, 0.25) is 5.02 Å². The van der Waals surface area contributed by atoms with Crippen LogP contribution in [-0.2, 0) is 24.8 Å². The number of sulfonamides is 2. The molecule has 2 fully saturated rings. The Bertz CT molecular complexity index is 2200. The molecule has 1 amide bonds. The van der Waals surface area contributed by atoms with Crippen LogP contribution in [0.1, 0.15) is 0 Å². The van der Waals surface area contributed by atoms with Gasteiger partial charge in [0.1, 0.15) is 11.6 Å². The molecule has 2 aliphatic rings. The molecule has 0 radical (unpaired) electrons. The fraction of sp³-hybridized carbons (Fsp3) is 0.265. The van der Waals surface area contributed by atoms with Gasteiger partial charge < -0.3 is 24.8 Å². The highest BCUT2D eigenvalue weighted by Gasteiger charge is 2.23. The lowest BCUT2D eigenvalue weighted by atomic mass is 10.2. The molecule has 5 aromatic rings. The molecule has 2 saturated heterocycles. The number of thiazole rings is 2. The molecule has 2 aromatic heterocycles. The maximum Gasteiger partial charge on any atom is 0.263 e. The van der Waals surface area contributed by atoms with Crippen molar-refractivity contribution >= 4 is 81.9 Å². The van der Waals surface area contributed by atoms with Crippen LogP contribution >= 0.6 is 34.3 Å². The van der Waals surface area contributed by atoms with Crippen LogP contribution in [0, 0.1) is 5.82 Å². The normalized spacial score (nSPS) is 14.9. The maximum atomic E-state index is 13.2. The summed E-state index contributed by atoms with van der Waals surface area (Å²) < 4.78 is 72.9. The van der Waals surface area contributed by atoms with Crippen molar-refractivity contribution in [3.05, 3.63) is 101 Å². The second-order valence-electron chi connectivity index (χ2n) is 11.8. The number of nitrogens with one attached hydrogen (secondary N) is 3. The third kappa shape index (κ3) is 10.4. The largest absolute Gasteiger partial charge is 0.484 e. The van der Waals surface area contributed by atoms with Crippen LogP contribution < -0.4 is 29.3 Å². The zero-order chi connectivity index (χ0) is 38.1. The topological polar surface area (TPSA) is 166 Å². The van der Waals surface area contributed by atoms with Gasteiger partial charge in [-0.05, 0) is 60.7 Å². The Morgan fingerprint density at radius 3 is 1.72 bits per heavy atom. The molecule has 0 aliphatic carbocycles. The standard InChI is InChI=1S/C21H20ClFN4O4S2.C13H16N4O2S2/c22-18-13-16(3-6-19(18)23)31-14-20(28)27-10-8-26(9-11-27)15-1-4-17(5-2-15)33(29,30)25-21-24-7-12-32-21;18-21(19,16-13-15-7-10-20-13)12-3-1-11(2-4-12)17-8-5-14-6-9-17/h1-7,12-13H,8-11,14H2,(H,24,25);1-4,7,10,14H,5-6,8-9H2,(H,15,16). The Balaban J connectivity index is 0.000000203. The van der Waals surface area contributed by atoms with Crippen LogP contribution in [-0.4, -0.2) is 96.6 Å². The Morgan fingerprint density at radius 2 is 1.26 bits per heavy atom. The van der Waals surface area contributed by atoms with E-state index in [0.29, 0.717) is 42.2 Å². The first kappa shape index (κ1) is 39.2. The zero-order valence-corrected chi connectivity index (χ0v) is 32.6. The lowest BCUT2D eigenvalue weighted by Gasteiger charge is -2.36. The van der Waals surface area contributed by atoms with Crippen LogP contribution in [0.15, 0.2) is 99.7 Å². The molecule has 0 saturated carbocycles. The summed E-state index contributed by atoms with van der Waals surface area (Å²) in [6, 6.07) is 17.5. The van der Waals surface area contributed by atoms with E-state index in [0.717, 1.165) is 37.6 Å². The molecular weight excluding hydrogens is 799 g/mol. The van der Waals surface area contributed by atoms with Crippen molar-refractivity contribution in [1.29, 1.82) is 0 Å². The second kappa shape index (κ2) is 17.7. The van der Waals surface area contributed by atoms with Crippen molar-refractivity contribution in [1.82, 2.24) is 20.2 Å². The summed E-state index contributed by atoms with van der Waals surface area (Å²) >= 11 is 8.18. The van der Waals surface area contributed by atoms with Crippen molar-refractivity contribution in [3.8, 4) is 5.75 Å². The highest BCUT2D eigenvalue weighted by atomic mass is 35.5. The van der Waals surface area contributed by atoms with Crippen molar-refractivity contribution in [2.24, 2.45) is 0 Å². The number of hydrogen-bond donors (Lipinski definition) is 3. The third-order valence-corrected chi connectivity index (χ3v) is 13.0. The number of hydrogen-bond acceptors (Lipinski definition) is 13. The number of anilines is 4. The number of carbonyl (C=O) groups is 1. The van der Waals surface area contributed by atoms with Crippen LogP contribution in [0.5, 0.6) is 5.75 Å². The molecule has 4 heterocycles. The smallest absolute Gasteiger partial charge is 0.263 e.